The van der Waals surface area contributed by atoms with Crippen LogP contribution >= 0.6 is 0 Å². The summed E-state index contributed by atoms with van der Waals surface area (Å²) in [6.45, 7) is 1.70. The average molecular weight is 173 g/mol. The Kier molecular flexibility index (Phi) is 3.06. The van der Waals surface area contributed by atoms with E-state index in [0.29, 0.717) is 11.1 Å². The van der Waals surface area contributed by atoms with Crippen LogP contribution in [-0.2, 0) is 0 Å². The van der Waals surface area contributed by atoms with E-state index in [-0.39, 0.29) is 12.2 Å². The van der Waals surface area contributed by atoms with Crippen molar-refractivity contribution in [3.8, 4) is 17.9 Å². The Balaban J connectivity index is 2.89. The third-order valence-electron chi connectivity index (χ3n) is 1.57. The van der Waals surface area contributed by atoms with E-state index in [9.17, 15) is 4.39 Å². The Bertz CT molecular complexity index is 404. The summed E-state index contributed by atoms with van der Waals surface area (Å²) < 4.78 is 13.0. The van der Waals surface area contributed by atoms with Crippen molar-refractivity contribution in [1.82, 2.24) is 0 Å². The molecule has 0 spiro atoms. The van der Waals surface area contributed by atoms with E-state index in [4.69, 9.17) is 5.26 Å². The molecule has 0 saturated heterocycles. The molecule has 1 aromatic carbocycles. The number of benzene rings is 1. The van der Waals surface area contributed by atoms with Gasteiger partial charge in [-0.05, 0) is 24.6 Å². The zero-order chi connectivity index (χ0) is 9.68. The summed E-state index contributed by atoms with van der Waals surface area (Å²) in [5.74, 6) is 5.06. The summed E-state index contributed by atoms with van der Waals surface area (Å²) in [4.78, 5) is 0. The molecule has 0 aliphatic heterocycles. The molecule has 1 rings (SSSR count). The topological polar surface area (TPSA) is 23.8 Å². The number of aryl methyl sites for hydroxylation is 1. The number of rotatable bonds is 0. The van der Waals surface area contributed by atoms with Crippen LogP contribution in [0.3, 0.4) is 0 Å². The second-order valence-electron chi connectivity index (χ2n) is 2.60. The molecule has 0 aromatic heterocycles. The predicted octanol–water partition coefficient (Wildman–Crippen LogP) is 2.40. The number of hydrogen-bond acceptors (Lipinski definition) is 1. The fourth-order valence-electron chi connectivity index (χ4n) is 0.856. The molecule has 0 heterocycles. The standard InChI is InChI=1S/C11H8FN/c1-9-5-6-10(8-11(9)12)4-2-3-7-13/h5-6,8H,3H2,1H3. The van der Waals surface area contributed by atoms with Crippen molar-refractivity contribution in [2.45, 2.75) is 13.3 Å². The maximum atomic E-state index is 13.0. The van der Waals surface area contributed by atoms with Crippen LogP contribution in [0.2, 0.25) is 0 Å². The fraction of sp³-hybridized carbons (Fsp3) is 0.182. The van der Waals surface area contributed by atoms with E-state index in [2.05, 4.69) is 11.8 Å². The van der Waals surface area contributed by atoms with Gasteiger partial charge in [-0.15, -0.1) is 0 Å². The average Bonchev–Trinajstić information content (AvgIpc) is 2.12. The minimum absolute atomic E-state index is 0.176. The largest absolute Gasteiger partial charge is 0.207 e. The molecular formula is C11H8FN. The van der Waals surface area contributed by atoms with Crippen LogP contribution in [0, 0.1) is 35.9 Å². The van der Waals surface area contributed by atoms with Crippen molar-refractivity contribution < 1.29 is 4.39 Å². The van der Waals surface area contributed by atoms with Crippen LogP contribution in [-0.4, -0.2) is 0 Å². The summed E-state index contributed by atoms with van der Waals surface area (Å²) in [6.07, 6.45) is 0.176. The molecule has 2 heteroatoms. The van der Waals surface area contributed by atoms with Gasteiger partial charge in [-0.25, -0.2) is 4.39 Å². The van der Waals surface area contributed by atoms with Crippen LogP contribution < -0.4 is 0 Å². The zero-order valence-corrected chi connectivity index (χ0v) is 7.26. The Morgan fingerprint density at radius 1 is 1.46 bits per heavy atom. The van der Waals surface area contributed by atoms with Crippen molar-refractivity contribution in [3.05, 3.63) is 35.1 Å². The van der Waals surface area contributed by atoms with E-state index in [1.54, 1.807) is 19.1 Å². The van der Waals surface area contributed by atoms with E-state index >= 15 is 0 Å². The predicted molar refractivity (Wildman–Crippen MR) is 48.2 cm³/mol. The summed E-state index contributed by atoms with van der Waals surface area (Å²) in [7, 11) is 0. The van der Waals surface area contributed by atoms with Crippen LogP contribution in [0.15, 0.2) is 18.2 Å². The van der Waals surface area contributed by atoms with E-state index in [1.807, 2.05) is 6.07 Å². The van der Waals surface area contributed by atoms with Gasteiger partial charge in [-0.1, -0.05) is 17.9 Å². The smallest absolute Gasteiger partial charge is 0.127 e. The SMILES string of the molecule is Cc1ccc(C#CCC#N)cc1F. The monoisotopic (exact) mass is 173 g/mol. The number of nitrogens with zero attached hydrogens (tertiary/aromatic N) is 1. The first-order chi connectivity index (χ1) is 6.24. The highest BCUT2D eigenvalue weighted by Crippen LogP contribution is 2.07. The van der Waals surface area contributed by atoms with Crippen LogP contribution in [0.4, 0.5) is 4.39 Å². The number of halogens is 1. The molecule has 0 aliphatic rings. The highest BCUT2D eigenvalue weighted by Gasteiger charge is 1.95. The van der Waals surface area contributed by atoms with Gasteiger partial charge in [0.2, 0.25) is 0 Å². The Morgan fingerprint density at radius 2 is 2.23 bits per heavy atom. The van der Waals surface area contributed by atoms with Crippen molar-refractivity contribution in [2.24, 2.45) is 0 Å². The molecule has 1 nitrogen and oxygen atoms in total. The van der Waals surface area contributed by atoms with Gasteiger partial charge in [0.05, 0.1) is 12.5 Å². The first-order valence-corrected chi connectivity index (χ1v) is 3.86. The van der Waals surface area contributed by atoms with Crippen molar-refractivity contribution in [3.63, 3.8) is 0 Å². The van der Waals surface area contributed by atoms with Gasteiger partial charge in [0.1, 0.15) is 5.82 Å². The summed E-state index contributed by atoms with van der Waals surface area (Å²) >= 11 is 0. The Hall–Kier alpha value is -1.80. The van der Waals surface area contributed by atoms with Crippen LogP contribution in [0.5, 0.6) is 0 Å². The molecule has 1 aromatic rings. The van der Waals surface area contributed by atoms with Gasteiger partial charge >= 0.3 is 0 Å². The minimum Gasteiger partial charge on any atom is -0.207 e. The molecule has 0 bridgehead atoms. The molecule has 0 N–H and O–H groups in total. The molecule has 0 radical (unpaired) electrons. The Labute approximate surface area is 76.8 Å². The lowest BCUT2D eigenvalue weighted by atomic mass is 10.1. The molecule has 0 saturated carbocycles. The van der Waals surface area contributed by atoms with Crippen molar-refractivity contribution >= 4 is 0 Å². The third kappa shape index (κ3) is 2.61. The van der Waals surface area contributed by atoms with Gasteiger partial charge in [-0.3, -0.25) is 0 Å². The first-order valence-electron chi connectivity index (χ1n) is 3.86. The molecule has 13 heavy (non-hydrogen) atoms. The third-order valence-corrected chi connectivity index (χ3v) is 1.57. The second kappa shape index (κ2) is 4.28. The minimum atomic E-state index is -0.260. The van der Waals surface area contributed by atoms with Gasteiger partial charge < -0.3 is 0 Å². The van der Waals surface area contributed by atoms with Crippen molar-refractivity contribution in [2.75, 3.05) is 0 Å². The summed E-state index contributed by atoms with van der Waals surface area (Å²) in [5, 5.41) is 8.22. The van der Waals surface area contributed by atoms with E-state index < -0.39 is 0 Å². The molecule has 0 fully saturated rings. The van der Waals surface area contributed by atoms with Gasteiger partial charge in [0, 0.05) is 5.56 Å². The van der Waals surface area contributed by atoms with Gasteiger partial charge in [-0.2, -0.15) is 5.26 Å². The lowest BCUT2D eigenvalue weighted by Crippen LogP contribution is -1.83. The number of hydrogen-bond donors (Lipinski definition) is 0. The van der Waals surface area contributed by atoms with Crippen molar-refractivity contribution in [1.29, 1.82) is 5.26 Å². The first kappa shape index (κ1) is 9.29. The maximum absolute atomic E-state index is 13.0. The molecule has 64 valence electrons. The number of nitriles is 1. The van der Waals surface area contributed by atoms with E-state index in [1.165, 1.54) is 6.07 Å². The fourth-order valence-corrected chi connectivity index (χ4v) is 0.856. The quantitative estimate of drug-likeness (QED) is 0.552. The lowest BCUT2D eigenvalue weighted by molar-refractivity contribution is 0.618. The molecule has 0 unspecified atom stereocenters. The highest BCUT2D eigenvalue weighted by atomic mass is 19.1. The highest BCUT2D eigenvalue weighted by molar-refractivity contribution is 5.36. The molecule has 0 atom stereocenters. The van der Waals surface area contributed by atoms with Crippen LogP contribution in [0.1, 0.15) is 17.5 Å². The van der Waals surface area contributed by atoms with Gasteiger partial charge in [0.25, 0.3) is 0 Å². The van der Waals surface area contributed by atoms with Gasteiger partial charge in [0.15, 0.2) is 0 Å². The second-order valence-corrected chi connectivity index (χ2v) is 2.60. The normalized spacial score (nSPS) is 8.38. The van der Waals surface area contributed by atoms with Crippen LogP contribution in [0.25, 0.3) is 0 Å². The lowest BCUT2D eigenvalue weighted by Gasteiger charge is -1.94. The molecular weight excluding hydrogens is 165 g/mol. The maximum Gasteiger partial charge on any atom is 0.127 e. The summed E-state index contributed by atoms with van der Waals surface area (Å²) in [5.41, 5.74) is 1.21. The zero-order valence-electron chi connectivity index (χ0n) is 7.26. The van der Waals surface area contributed by atoms with E-state index in [0.717, 1.165) is 0 Å². The molecule has 0 amide bonds. The Morgan fingerprint density at radius 3 is 2.85 bits per heavy atom. The summed E-state index contributed by atoms with van der Waals surface area (Å²) in [6, 6.07) is 6.68. The molecule has 0 aliphatic carbocycles.